The minimum Gasteiger partial charge on any atom is -0.469 e. The highest BCUT2D eigenvalue weighted by atomic mass is 16.5. The number of nitrogens with two attached hydrogens (primary N) is 1. The van der Waals surface area contributed by atoms with Crippen LogP contribution in [0.15, 0.2) is 0 Å². The van der Waals surface area contributed by atoms with E-state index in [0.717, 1.165) is 51.4 Å². The third-order valence-electron chi connectivity index (χ3n) is 10.6. The second-order valence-corrected chi connectivity index (χ2v) is 11.7. The van der Waals surface area contributed by atoms with E-state index < -0.39 is 0 Å². The molecular weight excluding hydrogens is 378 g/mol. The topological polar surface area (TPSA) is 92.8 Å². The van der Waals surface area contributed by atoms with E-state index >= 15 is 0 Å². The lowest BCUT2D eigenvalue weighted by atomic mass is 9.43. The van der Waals surface area contributed by atoms with Gasteiger partial charge in [-0.3, -0.25) is 4.79 Å². The Balaban J connectivity index is 1.58. The molecule has 0 aromatic carbocycles. The van der Waals surface area contributed by atoms with E-state index in [1.807, 2.05) is 0 Å². The lowest BCUT2D eigenvalue weighted by molar-refractivity contribution is -0.202. The predicted octanol–water partition coefficient (Wildman–Crippen LogP) is 3.50. The quantitative estimate of drug-likeness (QED) is 0.604. The number of ether oxygens (including phenoxy) is 1. The van der Waals surface area contributed by atoms with E-state index in [0.29, 0.717) is 36.0 Å². The van der Waals surface area contributed by atoms with Gasteiger partial charge in [0, 0.05) is 12.5 Å². The molecule has 5 heteroatoms. The molecule has 4 saturated carbocycles. The Morgan fingerprint density at radius 2 is 1.87 bits per heavy atom. The van der Waals surface area contributed by atoms with Crippen molar-refractivity contribution in [2.75, 3.05) is 7.11 Å². The van der Waals surface area contributed by atoms with Gasteiger partial charge in [-0.15, -0.1) is 0 Å². The standard InChI is InChI=1S/C25H43NO4/c1-14(5-8-22(29)30-4)17-6-7-18-23-19(13-21(28)25(17,18)3)24(2)10-9-16(26)11-15(24)12-20(23)27/h14-21,23,27-28H,5-13,26H2,1-4H3/t14?,15?,16?,17-,18?,19?,20?,21?,23?,24+,25-/m1/s1. The molecule has 0 saturated heterocycles. The van der Waals surface area contributed by atoms with Gasteiger partial charge in [0.15, 0.2) is 0 Å². The lowest BCUT2D eigenvalue weighted by Crippen LogP contribution is -2.62. The highest BCUT2D eigenvalue weighted by molar-refractivity contribution is 5.69. The average molecular weight is 422 g/mol. The normalized spacial score (nSPS) is 51.4. The largest absolute Gasteiger partial charge is 0.469 e. The van der Waals surface area contributed by atoms with E-state index in [1.165, 1.54) is 7.11 Å². The van der Waals surface area contributed by atoms with Crippen molar-refractivity contribution in [1.82, 2.24) is 0 Å². The van der Waals surface area contributed by atoms with Gasteiger partial charge in [-0.1, -0.05) is 20.8 Å². The maximum absolute atomic E-state index is 11.7. The number of aliphatic hydroxyl groups is 2. The molecule has 11 atom stereocenters. The minimum absolute atomic E-state index is 0.150. The summed E-state index contributed by atoms with van der Waals surface area (Å²) in [5.74, 6) is 2.11. The highest BCUT2D eigenvalue weighted by Gasteiger charge is 2.65. The molecule has 172 valence electrons. The molecule has 0 amide bonds. The van der Waals surface area contributed by atoms with Gasteiger partial charge in [0.05, 0.1) is 19.3 Å². The zero-order valence-electron chi connectivity index (χ0n) is 19.3. The number of carbonyl (C=O) groups excluding carboxylic acids is 1. The van der Waals surface area contributed by atoms with Gasteiger partial charge in [0.1, 0.15) is 0 Å². The minimum atomic E-state index is -0.338. The SMILES string of the molecule is COC(=O)CCC(C)[C@H]1CCC2C3C(O)CC4CC(N)CC[C@]4(C)C3CC(O)[C@@]21C. The number of hydrogen-bond acceptors (Lipinski definition) is 5. The summed E-state index contributed by atoms with van der Waals surface area (Å²) < 4.78 is 4.84. The van der Waals surface area contributed by atoms with Crippen LogP contribution in [0.4, 0.5) is 0 Å². The number of aliphatic hydroxyl groups excluding tert-OH is 2. The first kappa shape index (κ1) is 22.5. The Morgan fingerprint density at radius 3 is 2.57 bits per heavy atom. The van der Waals surface area contributed by atoms with E-state index in [-0.39, 0.29) is 41.0 Å². The first-order valence-corrected chi connectivity index (χ1v) is 12.3. The number of rotatable bonds is 4. The number of esters is 1. The summed E-state index contributed by atoms with van der Waals surface area (Å²) in [7, 11) is 1.45. The van der Waals surface area contributed by atoms with Gasteiger partial charge in [0.2, 0.25) is 0 Å². The maximum atomic E-state index is 11.7. The Bertz CT molecular complexity index is 655. The zero-order valence-corrected chi connectivity index (χ0v) is 19.3. The van der Waals surface area contributed by atoms with Crippen LogP contribution < -0.4 is 5.73 Å². The summed E-state index contributed by atoms with van der Waals surface area (Å²) in [6, 6.07) is 0.261. The first-order chi connectivity index (χ1) is 14.1. The van der Waals surface area contributed by atoms with Gasteiger partial charge in [-0.2, -0.15) is 0 Å². The Kier molecular flexibility index (Phi) is 6.04. The lowest BCUT2D eigenvalue weighted by Gasteiger charge is -2.63. The van der Waals surface area contributed by atoms with Crippen molar-refractivity contribution in [3.63, 3.8) is 0 Å². The molecular formula is C25H43NO4. The number of methoxy groups -OCH3 is 1. The van der Waals surface area contributed by atoms with Crippen LogP contribution in [0, 0.1) is 46.3 Å². The van der Waals surface area contributed by atoms with Crippen LogP contribution in [0.25, 0.3) is 0 Å². The molecule has 0 radical (unpaired) electrons. The Morgan fingerprint density at radius 1 is 1.13 bits per heavy atom. The fourth-order valence-corrected chi connectivity index (χ4v) is 8.84. The molecule has 0 aromatic rings. The van der Waals surface area contributed by atoms with Crippen LogP contribution >= 0.6 is 0 Å². The predicted molar refractivity (Wildman–Crippen MR) is 116 cm³/mol. The van der Waals surface area contributed by atoms with E-state index in [9.17, 15) is 15.0 Å². The third kappa shape index (κ3) is 3.34. The zero-order chi connectivity index (χ0) is 21.8. The van der Waals surface area contributed by atoms with Crippen molar-refractivity contribution in [2.45, 2.75) is 96.8 Å². The van der Waals surface area contributed by atoms with Gasteiger partial charge in [-0.25, -0.2) is 0 Å². The fourth-order valence-electron chi connectivity index (χ4n) is 8.84. The molecule has 0 heterocycles. The van der Waals surface area contributed by atoms with Crippen LogP contribution in [0.3, 0.4) is 0 Å². The smallest absolute Gasteiger partial charge is 0.305 e. The van der Waals surface area contributed by atoms with Crippen LogP contribution in [-0.2, 0) is 9.53 Å². The summed E-state index contributed by atoms with van der Waals surface area (Å²) in [5.41, 5.74) is 6.31. The molecule has 0 aliphatic heterocycles. The fraction of sp³-hybridized carbons (Fsp3) is 0.960. The van der Waals surface area contributed by atoms with Crippen LogP contribution in [0.2, 0.25) is 0 Å². The molecule has 0 aromatic heterocycles. The monoisotopic (exact) mass is 421 g/mol. The second-order valence-electron chi connectivity index (χ2n) is 11.7. The summed E-state index contributed by atoms with van der Waals surface area (Å²) in [6.45, 7) is 6.94. The summed E-state index contributed by atoms with van der Waals surface area (Å²) in [5, 5.41) is 22.9. The first-order valence-electron chi connectivity index (χ1n) is 12.3. The van der Waals surface area contributed by atoms with Crippen molar-refractivity contribution in [1.29, 1.82) is 0 Å². The summed E-state index contributed by atoms with van der Waals surface area (Å²) in [4.78, 5) is 11.7. The van der Waals surface area contributed by atoms with E-state index in [2.05, 4.69) is 20.8 Å². The van der Waals surface area contributed by atoms with Gasteiger partial charge >= 0.3 is 5.97 Å². The third-order valence-corrected chi connectivity index (χ3v) is 10.6. The number of fused-ring (bicyclic) bond motifs is 5. The van der Waals surface area contributed by atoms with Gasteiger partial charge in [-0.05, 0) is 97.7 Å². The van der Waals surface area contributed by atoms with Crippen LogP contribution in [0.1, 0.15) is 78.6 Å². The van der Waals surface area contributed by atoms with Gasteiger partial charge < -0.3 is 20.7 Å². The van der Waals surface area contributed by atoms with Crippen molar-refractivity contribution in [2.24, 2.45) is 52.1 Å². The second kappa shape index (κ2) is 8.04. The summed E-state index contributed by atoms with van der Waals surface area (Å²) >= 11 is 0. The molecule has 4 N–H and O–H groups in total. The van der Waals surface area contributed by atoms with Crippen molar-refractivity contribution >= 4 is 5.97 Å². The molecule has 4 rings (SSSR count). The molecule has 0 spiro atoms. The summed E-state index contributed by atoms with van der Waals surface area (Å²) in [6.07, 6.45) is 7.69. The molecule has 8 unspecified atom stereocenters. The Hall–Kier alpha value is -0.650. The molecule has 4 fully saturated rings. The molecule has 30 heavy (non-hydrogen) atoms. The number of carbonyl (C=O) groups is 1. The van der Waals surface area contributed by atoms with Crippen LogP contribution in [-0.4, -0.2) is 41.5 Å². The molecule has 4 aliphatic carbocycles. The average Bonchev–Trinajstić information content (AvgIpc) is 3.06. The van der Waals surface area contributed by atoms with Crippen molar-refractivity contribution in [3.8, 4) is 0 Å². The van der Waals surface area contributed by atoms with Crippen molar-refractivity contribution in [3.05, 3.63) is 0 Å². The highest BCUT2D eigenvalue weighted by Crippen LogP contribution is 2.68. The van der Waals surface area contributed by atoms with Crippen molar-refractivity contribution < 1.29 is 19.7 Å². The van der Waals surface area contributed by atoms with Crippen LogP contribution in [0.5, 0.6) is 0 Å². The van der Waals surface area contributed by atoms with E-state index in [1.54, 1.807) is 0 Å². The molecule has 0 bridgehead atoms. The molecule has 5 nitrogen and oxygen atoms in total. The molecule has 4 aliphatic rings. The number of hydrogen-bond donors (Lipinski definition) is 3. The van der Waals surface area contributed by atoms with E-state index in [4.69, 9.17) is 10.5 Å². The maximum Gasteiger partial charge on any atom is 0.305 e. The van der Waals surface area contributed by atoms with Gasteiger partial charge in [0.25, 0.3) is 0 Å². The Labute approximate surface area is 182 Å².